The lowest BCUT2D eigenvalue weighted by atomic mass is 10.1. The summed E-state index contributed by atoms with van der Waals surface area (Å²) in [6.07, 6.45) is 3.39. The summed E-state index contributed by atoms with van der Waals surface area (Å²) in [5, 5.41) is 0. The molecule has 0 unspecified atom stereocenters. The van der Waals surface area contributed by atoms with Crippen molar-refractivity contribution in [1.29, 1.82) is 0 Å². The van der Waals surface area contributed by atoms with E-state index in [0.29, 0.717) is 25.7 Å². The average molecular weight is 304 g/mol. The smallest absolute Gasteiger partial charge is 0.252 e. The number of amides is 2. The highest BCUT2D eigenvalue weighted by atomic mass is 35.5. The van der Waals surface area contributed by atoms with Crippen LogP contribution in [0.2, 0.25) is 0 Å². The molecule has 2 heterocycles. The SMILES string of the molecule is Cl.NC[C@H]1CC[C@@H](C(=O)N2CCN(C3CC3)C(=O)C2)O1. The first kappa shape index (κ1) is 15.5. The van der Waals surface area contributed by atoms with Gasteiger partial charge in [0.05, 0.1) is 12.6 Å². The molecule has 0 aromatic rings. The van der Waals surface area contributed by atoms with Crippen LogP contribution in [0.3, 0.4) is 0 Å². The quantitative estimate of drug-likeness (QED) is 0.780. The van der Waals surface area contributed by atoms with E-state index in [1.165, 1.54) is 0 Å². The van der Waals surface area contributed by atoms with E-state index >= 15 is 0 Å². The van der Waals surface area contributed by atoms with Gasteiger partial charge in [-0.2, -0.15) is 0 Å². The predicted molar refractivity (Wildman–Crippen MR) is 75.5 cm³/mol. The molecule has 2 atom stereocenters. The Morgan fingerprint density at radius 2 is 2.00 bits per heavy atom. The Kier molecular flexibility index (Phi) is 4.88. The van der Waals surface area contributed by atoms with Crippen LogP contribution >= 0.6 is 12.4 Å². The van der Waals surface area contributed by atoms with E-state index < -0.39 is 6.10 Å². The minimum Gasteiger partial charge on any atom is -0.364 e. The summed E-state index contributed by atoms with van der Waals surface area (Å²) in [5.41, 5.74) is 5.54. The van der Waals surface area contributed by atoms with Crippen molar-refractivity contribution in [2.75, 3.05) is 26.2 Å². The second-order valence-corrected chi connectivity index (χ2v) is 5.64. The molecule has 6 nitrogen and oxygen atoms in total. The predicted octanol–water partition coefficient (Wildman–Crippen LogP) is -0.252. The molecule has 3 fully saturated rings. The van der Waals surface area contributed by atoms with Crippen LogP contribution in [0.15, 0.2) is 0 Å². The summed E-state index contributed by atoms with van der Waals surface area (Å²) >= 11 is 0. The minimum absolute atomic E-state index is 0. The topological polar surface area (TPSA) is 75.9 Å². The second kappa shape index (κ2) is 6.28. The van der Waals surface area contributed by atoms with Gasteiger partial charge in [-0.15, -0.1) is 12.4 Å². The highest BCUT2D eigenvalue weighted by Gasteiger charge is 2.39. The highest BCUT2D eigenvalue weighted by molar-refractivity contribution is 5.88. The molecule has 0 spiro atoms. The number of hydrogen-bond acceptors (Lipinski definition) is 4. The first-order valence-corrected chi connectivity index (χ1v) is 7.13. The van der Waals surface area contributed by atoms with Gasteiger partial charge in [-0.05, 0) is 25.7 Å². The third-order valence-electron chi connectivity index (χ3n) is 4.20. The fraction of sp³-hybridized carbons (Fsp3) is 0.846. The van der Waals surface area contributed by atoms with E-state index in [2.05, 4.69) is 0 Å². The van der Waals surface area contributed by atoms with Gasteiger partial charge in [0.25, 0.3) is 5.91 Å². The van der Waals surface area contributed by atoms with Crippen molar-refractivity contribution in [2.45, 2.75) is 43.9 Å². The first-order chi connectivity index (χ1) is 9.19. The van der Waals surface area contributed by atoms with Crippen LogP contribution in [0.4, 0.5) is 0 Å². The van der Waals surface area contributed by atoms with E-state index in [4.69, 9.17) is 10.5 Å². The molecule has 2 saturated heterocycles. The summed E-state index contributed by atoms with van der Waals surface area (Å²) in [7, 11) is 0. The van der Waals surface area contributed by atoms with Crippen LogP contribution in [-0.2, 0) is 14.3 Å². The van der Waals surface area contributed by atoms with Gasteiger partial charge in [0.2, 0.25) is 5.91 Å². The number of rotatable bonds is 3. The lowest BCUT2D eigenvalue weighted by molar-refractivity contribution is -0.152. The summed E-state index contributed by atoms with van der Waals surface area (Å²) in [6, 6.07) is 0.439. The van der Waals surface area contributed by atoms with Gasteiger partial charge in [-0.25, -0.2) is 0 Å². The molecule has 114 valence electrons. The number of ether oxygens (including phenoxy) is 1. The molecule has 3 aliphatic rings. The van der Waals surface area contributed by atoms with Crippen molar-refractivity contribution < 1.29 is 14.3 Å². The molecule has 7 heteroatoms. The zero-order chi connectivity index (χ0) is 13.4. The maximum atomic E-state index is 12.3. The van der Waals surface area contributed by atoms with Crippen molar-refractivity contribution in [2.24, 2.45) is 5.73 Å². The molecule has 2 aliphatic heterocycles. The lowest BCUT2D eigenvalue weighted by Crippen LogP contribution is -2.55. The van der Waals surface area contributed by atoms with Crippen molar-refractivity contribution in [3.05, 3.63) is 0 Å². The lowest BCUT2D eigenvalue weighted by Gasteiger charge is -2.35. The molecule has 2 amide bonds. The number of carbonyl (C=O) groups is 2. The molecule has 1 saturated carbocycles. The number of hydrogen-bond donors (Lipinski definition) is 1. The largest absolute Gasteiger partial charge is 0.364 e. The van der Waals surface area contributed by atoms with Crippen molar-refractivity contribution >= 4 is 24.2 Å². The van der Waals surface area contributed by atoms with Crippen molar-refractivity contribution in [1.82, 2.24) is 9.80 Å². The van der Waals surface area contributed by atoms with Gasteiger partial charge in [-0.1, -0.05) is 0 Å². The van der Waals surface area contributed by atoms with Gasteiger partial charge in [-0.3, -0.25) is 9.59 Å². The molecule has 0 aromatic heterocycles. The monoisotopic (exact) mass is 303 g/mol. The number of piperazine rings is 1. The van der Waals surface area contributed by atoms with Crippen LogP contribution in [-0.4, -0.2) is 66.0 Å². The van der Waals surface area contributed by atoms with Crippen molar-refractivity contribution in [3.63, 3.8) is 0 Å². The Bertz CT molecular complexity index is 389. The molecular weight excluding hydrogens is 282 g/mol. The fourth-order valence-corrected chi connectivity index (χ4v) is 2.91. The second-order valence-electron chi connectivity index (χ2n) is 5.64. The van der Waals surface area contributed by atoms with E-state index in [-0.39, 0.29) is 36.9 Å². The van der Waals surface area contributed by atoms with E-state index in [0.717, 1.165) is 25.7 Å². The standard InChI is InChI=1S/C13H21N3O3.ClH/c14-7-10-3-4-11(19-10)13(18)15-5-6-16(9-1-2-9)12(17)8-15;/h9-11H,1-8,14H2;1H/t10-,11+;/m1./s1. The third-order valence-corrected chi connectivity index (χ3v) is 4.20. The van der Waals surface area contributed by atoms with Gasteiger partial charge in [0.1, 0.15) is 6.10 Å². The Hall–Kier alpha value is -0.850. The number of halogens is 1. The maximum absolute atomic E-state index is 12.3. The number of carbonyl (C=O) groups excluding carboxylic acids is 2. The molecular formula is C13H22ClN3O3. The van der Waals surface area contributed by atoms with E-state index in [9.17, 15) is 9.59 Å². The van der Waals surface area contributed by atoms with Crippen LogP contribution in [0.5, 0.6) is 0 Å². The highest BCUT2D eigenvalue weighted by Crippen LogP contribution is 2.28. The molecule has 0 aromatic carbocycles. The molecule has 2 N–H and O–H groups in total. The Morgan fingerprint density at radius 1 is 1.25 bits per heavy atom. The van der Waals surface area contributed by atoms with Gasteiger partial charge < -0.3 is 20.3 Å². The molecule has 0 bridgehead atoms. The first-order valence-electron chi connectivity index (χ1n) is 7.13. The summed E-state index contributed by atoms with van der Waals surface area (Å²) in [4.78, 5) is 27.8. The Morgan fingerprint density at radius 3 is 2.55 bits per heavy atom. The molecule has 20 heavy (non-hydrogen) atoms. The van der Waals surface area contributed by atoms with E-state index in [1.54, 1.807) is 4.90 Å². The average Bonchev–Trinajstić information content (AvgIpc) is 3.14. The molecule has 3 rings (SSSR count). The van der Waals surface area contributed by atoms with Crippen LogP contribution in [0, 0.1) is 0 Å². The number of nitrogens with zero attached hydrogens (tertiary/aromatic N) is 2. The van der Waals surface area contributed by atoms with Crippen molar-refractivity contribution in [3.8, 4) is 0 Å². The zero-order valence-corrected chi connectivity index (χ0v) is 12.3. The fourth-order valence-electron chi connectivity index (χ4n) is 2.91. The summed E-state index contributed by atoms with van der Waals surface area (Å²) < 4.78 is 5.61. The number of nitrogens with two attached hydrogens (primary N) is 1. The minimum atomic E-state index is -0.395. The Labute approximate surface area is 125 Å². The van der Waals surface area contributed by atoms with Crippen LogP contribution in [0.1, 0.15) is 25.7 Å². The Balaban J connectivity index is 0.00000147. The molecule has 1 aliphatic carbocycles. The maximum Gasteiger partial charge on any atom is 0.252 e. The molecule has 0 radical (unpaired) electrons. The summed E-state index contributed by atoms with van der Waals surface area (Å²) in [5.74, 6) is 0.0372. The third kappa shape index (κ3) is 3.07. The van der Waals surface area contributed by atoms with Crippen LogP contribution in [0.25, 0.3) is 0 Å². The van der Waals surface area contributed by atoms with Gasteiger partial charge in [0.15, 0.2) is 0 Å². The summed E-state index contributed by atoms with van der Waals surface area (Å²) in [6.45, 7) is 1.97. The van der Waals surface area contributed by atoms with Crippen LogP contribution < -0.4 is 5.73 Å². The zero-order valence-electron chi connectivity index (χ0n) is 11.5. The van der Waals surface area contributed by atoms with Gasteiger partial charge >= 0.3 is 0 Å². The normalized spacial score (nSPS) is 30.4. The van der Waals surface area contributed by atoms with Gasteiger partial charge in [0, 0.05) is 25.7 Å². The van der Waals surface area contributed by atoms with E-state index in [1.807, 2.05) is 4.90 Å².